The SMILES string of the molecule is [2H]C([2H])([2H])c1c[c-]c(-c2cc[c]([Ge]([CH3])([CH3])[CH3])cn2)cc1.[2H]C([2H])(c1ccnc(-c2[c-]ccc3c2sc2cc(-c4ccccc4)ccc23)c1)C1CCCC1.[Ir]. The molecular formula is C44H42GeIrN2S-2. The average molecular weight is 901 g/mol. The molecular weight excluding hydrogens is 853 g/mol. The summed E-state index contributed by atoms with van der Waals surface area (Å²) < 4.78 is 43.4. The van der Waals surface area contributed by atoms with Gasteiger partial charge in [-0.25, -0.2) is 0 Å². The number of hydrogen-bond donors (Lipinski definition) is 0. The summed E-state index contributed by atoms with van der Waals surface area (Å²) in [5.74, 6) is 7.07. The molecule has 7 aromatic rings. The number of nitrogens with zero attached hydrogens (tertiary/aromatic N) is 2. The standard InChI is InChI=1S/C29H24NS.C15H18GeN.Ir/c1-2-9-22(10-3-1)23-13-14-24-25-11-6-12-26(29(25)31-28(24)19-23)27-18-21(15-16-30-27)17-20-7-4-5-8-20;1-12-5-7-13(8-6-12)15-10-9-14(11-17-15)16(2,3)4;/h1-3,6,9-11,13-16,18-20H,4-5,7-8,17H2;5-7,9-11H,1-4H3;/q2*-1;/i17D2;1D3;. The predicted molar refractivity (Wildman–Crippen MR) is 209 cm³/mol. The van der Waals surface area contributed by atoms with Gasteiger partial charge in [-0.1, -0.05) is 85.2 Å². The van der Waals surface area contributed by atoms with E-state index in [-0.39, 0.29) is 26.0 Å². The summed E-state index contributed by atoms with van der Waals surface area (Å²) >= 11 is -0.0652. The number of aryl methyl sites for hydroxylation is 1. The third-order valence-corrected chi connectivity index (χ3v) is 14.4. The Labute approximate surface area is 318 Å². The molecule has 1 radical (unpaired) electrons. The number of aromatic nitrogens is 2. The molecule has 0 aliphatic heterocycles. The smallest absolute Gasteiger partial charge is 0.0319 e. The first-order chi connectivity index (χ1) is 25.3. The van der Waals surface area contributed by atoms with Gasteiger partial charge in [-0.3, -0.25) is 0 Å². The van der Waals surface area contributed by atoms with Crippen LogP contribution in [0.5, 0.6) is 0 Å². The summed E-state index contributed by atoms with van der Waals surface area (Å²) in [4.78, 5) is 9.13. The number of rotatable bonds is 6. The summed E-state index contributed by atoms with van der Waals surface area (Å²) in [6.07, 6.45) is 6.56. The molecule has 0 bridgehead atoms. The molecule has 0 amide bonds. The zero-order valence-electron chi connectivity index (χ0n) is 33.0. The van der Waals surface area contributed by atoms with Gasteiger partial charge in [-0.15, -0.1) is 23.8 Å². The van der Waals surface area contributed by atoms with Crippen LogP contribution in [-0.4, -0.2) is 23.2 Å². The van der Waals surface area contributed by atoms with Crippen molar-refractivity contribution in [2.75, 3.05) is 0 Å². The topological polar surface area (TPSA) is 25.8 Å². The minimum Gasteiger partial charge on any atom is -0.305 e. The van der Waals surface area contributed by atoms with Crippen LogP contribution in [0, 0.1) is 24.9 Å². The molecule has 0 N–H and O–H groups in total. The van der Waals surface area contributed by atoms with Crippen LogP contribution >= 0.6 is 11.3 Å². The van der Waals surface area contributed by atoms with Gasteiger partial charge < -0.3 is 4.98 Å². The minimum absolute atomic E-state index is 0. The van der Waals surface area contributed by atoms with Crippen LogP contribution in [0.4, 0.5) is 0 Å². The Morgan fingerprint density at radius 3 is 2.39 bits per heavy atom. The molecule has 0 unspecified atom stereocenters. The predicted octanol–water partition coefficient (Wildman–Crippen LogP) is 11.7. The summed E-state index contributed by atoms with van der Waals surface area (Å²) in [6.45, 7) is -2.08. The molecule has 1 aliphatic carbocycles. The van der Waals surface area contributed by atoms with Gasteiger partial charge in [0.1, 0.15) is 0 Å². The molecule has 3 aromatic heterocycles. The molecule has 49 heavy (non-hydrogen) atoms. The number of hydrogen-bond acceptors (Lipinski definition) is 3. The second-order valence-electron chi connectivity index (χ2n) is 13.5. The summed E-state index contributed by atoms with van der Waals surface area (Å²) in [6, 6.07) is 40.5. The van der Waals surface area contributed by atoms with E-state index in [9.17, 15) is 0 Å². The Hall–Kier alpha value is -3.41. The average Bonchev–Trinajstić information content (AvgIpc) is 3.84. The van der Waals surface area contributed by atoms with E-state index >= 15 is 0 Å². The Bertz CT molecular complexity index is 2290. The normalized spacial score (nSPS) is 15.3. The van der Waals surface area contributed by atoms with E-state index in [0.29, 0.717) is 5.56 Å². The first kappa shape index (κ1) is 29.3. The van der Waals surface area contributed by atoms with Crippen LogP contribution in [-0.2, 0) is 26.5 Å². The van der Waals surface area contributed by atoms with Crippen molar-refractivity contribution >= 4 is 49.2 Å². The molecule has 1 fully saturated rings. The molecule has 4 aromatic carbocycles. The van der Waals surface area contributed by atoms with Gasteiger partial charge >= 0.3 is 110 Å². The number of pyridine rings is 2. The Morgan fingerprint density at radius 2 is 1.67 bits per heavy atom. The van der Waals surface area contributed by atoms with Crippen LogP contribution in [0.1, 0.15) is 43.7 Å². The first-order valence-corrected chi connectivity index (χ1v) is 24.8. The third kappa shape index (κ3) is 8.32. The third-order valence-electron chi connectivity index (χ3n) is 9.00. The minimum atomic E-state index is -2.08. The number of fused-ring (bicyclic) bond motifs is 3. The van der Waals surface area contributed by atoms with Crippen molar-refractivity contribution in [3.63, 3.8) is 0 Å². The van der Waals surface area contributed by atoms with E-state index in [1.165, 1.54) is 37.1 Å². The molecule has 1 saturated carbocycles. The van der Waals surface area contributed by atoms with Gasteiger partial charge in [0.2, 0.25) is 0 Å². The quantitative estimate of drug-likeness (QED) is 0.123. The molecule has 249 valence electrons. The molecule has 8 rings (SSSR count). The van der Waals surface area contributed by atoms with E-state index in [0.717, 1.165) is 58.5 Å². The molecule has 2 nitrogen and oxygen atoms in total. The van der Waals surface area contributed by atoms with Crippen molar-refractivity contribution in [2.24, 2.45) is 5.92 Å². The Balaban J connectivity index is 0.000000205. The van der Waals surface area contributed by atoms with Gasteiger partial charge in [-0.2, -0.15) is 11.3 Å². The Kier molecular flexibility index (Phi) is 9.37. The van der Waals surface area contributed by atoms with Gasteiger partial charge in [0.15, 0.2) is 0 Å². The maximum absolute atomic E-state index is 8.81. The fourth-order valence-electron chi connectivity index (χ4n) is 6.29. The maximum Gasteiger partial charge on any atom is 0.0319 e. The van der Waals surface area contributed by atoms with Crippen molar-refractivity contribution < 1.29 is 27.0 Å². The summed E-state index contributed by atoms with van der Waals surface area (Å²) in [7, 11) is 0. The van der Waals surface area contributed by atoms with Gasteiger partial charge in [0.05, 0.1) is 0 Å². The van der Waals surface area contributed by atoms with E-state index in [1.54, 1.807) is 29.7 Å². The number of benzene rings is 4. The molecule has 3 heterocycles. The van der Waals surface area contributed by atoms with Crippen molar-refractivity contribution in [3.8, 4) is 33.6 Å². The molecule has 0 atom stereocenters. The molecule has 1 aliphatic rings. The van der Waals surface area contributed by atoms with Crippen molar-refractivity contribution in [1.29, 1.82) is 0 Å². The van der Waals surface area contributed by atoms with Crippen molar-refractivity contribution in [1.82, 2.24) is 9.97 Å². The van der Waals surface area contributed by atoms with Crippen LogP contribution in [0.3, 0.4) is 0 Å². The van der Waals surface area contributed by atoms with Crippen LogP contribution in [0.15, 0.2) is 116 Å². The molecule has 0 spiro atoms. The van der Waals surface area contributed by atoms with Crippen LogP contribution in [0.25, 0.3) is 53.8 Å². The van der Waals surface area contributed by atoms with E-state index < -0.39 is 26.5 Å². The second kappa shape index (κ2) is 15.6. The van der Waals surface area contributed by atoms with Gasteiger partial charge in [0, 0.05) is 33.7 Å². The van der Waals surface area contributed by atoms with Gasteiger partial charge in [-0.05, 0) is 51.3 Å². The van der Waals surface area contributed by atoms with Gasteiger partial charge in [0.25, 0.3) is 0 Å². The zero-order chi connectivity index (χ0) is 37.4. The molecule has 5 heteroatoms. The largest absolute Gasteiger partial charge is 0.305 e. The maximum atomic E-state index is 8.81. The van der Waals surface area contributed by atoms with Crippen molar-refractivity contribution in [3.05, 3.63) is 139 Å². The summed E-state index contributed by atoms with van der Waals surface area (Å²) in [5, 5.41) is 2.44. The number of thiophene rings is 1. The van der Waals surface area contributed by atoms with Crippen LogP contribution in [0.2, 0.25) is 17.3 Å². The monoisotopic (exact) mass is 902 g/mol. The van der Waals surface area contributed by atoms with Crippen LogP contribution < -0.4 is 4.40 Å². The molecule has 0 saturated heterocycles. The fraction of sp³-hybridized carbons (Fsp3) is 0.227. The first-order valence-electron chi connectivity index (χ1n) is 19.2. The van der Waals surface area contributed by atoms with Crippen molar-refractivity contribution in [2.45, 2.75) is 56.2 Å². The Morgan fingerprint density at radius 1 is 0.837 bits per heavy atom. The second-order valence-corrected chi connectivity index (χ2v) is 25.2. The van der Waals surface area contributed by atoms with E-state index in [4.69, 9.17) is 6.85 Å². The summed E-state index contributed by atoms with van der Waals surface area (Å²) in [5.41, 5.74) is 6.88. The fourth-order valence-corrected chi connectivity index (χ4v) is 9.71. The zero-order valence-corrected chi connectivity index (χ0v) is 33.3. The van der Waals surface area contributed by atoms with E-state index in [1.807, 2.05) is 36.5 Å². The van der Waals surface area contributed by atoms with E-state index in [2.05, 4.69) is 94.0 Å².